The fourth-order valence-corrected chi connectivity index (χ4v) is 3.47. The molecule has 2 amide bonds. The van der Waals surface area contributed by atoms with Crippen LogP contribution in [0, 0.1) is 0 Å². The summed E-state index contributed by atoms with van der Waals surface area (Å²) in [6.45, 7) is 2.56. The molecule has 0 atom stereocenters. The third-order valence-electron chi connectivity index (χ3n) is 4.70. The second-order valence-electron chi connectivity index (χ2n) is 6.83. The van der Waals surface area contributed by atoms with E-state index in [1.807, 2.05) is 18.2 Å². The van der Waals surface area contributed by atoms with Crippen LogP contribution in [0.15, 0.2) is 48.5 Å². The van der Waals surface area contributed by atoms with Gasteiger partial charge in [0.15, 0.2) is 0 Å². The van der Waals surface area contributed by atoms with Crippen molar-refractivity contribution in [2.45, 2.75) is 31.6 Å². The molecule has 1 aliphatic rings. The fraction of sp³-hybridized carbons (Fsp3) is 0.350. The molecule has 2 aromatic rings. The number of likely N-dealkylation sites (tertiary alicyclic amines) is 1. The quantitative estimate of drug-likeness (QED) is 0.731. The summed E-state index contributed by atoms with van der Waals surface area (Å²) >= 11 is 5.59. The van der Waals surface area contributed by atoms with Gasteiger partial charge in [0.1, 0.15) is 0 Å². The van der Waals surface area contributed by atoms with Crippen LogP contribution < -0.4 is 10.6 Å². The van der Waals surface area contributed by atoms with Gasteiger partial charge in [-0.25, -0.2) is 4.79 Å². The van der Waals surface area contributed by atoms with Crippen molar-refractivity contribution in [3.63, 3.8) is 0 Å². The lowest BCUT2D eigenvalue weighted by Crippen LogP contribution is -2.45. The lowest BCUT2D eigenvalue weighted by molar-refractivity contribution is -0.137. The molecule has 0 saturated carbocycles. The number of hydrogen-bond donors (Lipinski definition) is 2. The van der Waals surface area contributed by atoms with Crippen LogP contribution in [-0.4, -0.2) is 30.1 Å². The molecule has 8 heteroatoms. The summed E-state index contributed by atoms with van der Waals surface area (Å²) in [6, 6.07) is 12.9. The Labute approximate surface area is 166 Å². The average Bonchev–Trinajstić information content (AvgIpc) is 2.65. The maximum Gasteiger partial charge on any atom is 0.417 e. The van der Waals surface area contributed by atoms with Gasteiger partial charge in [-0.3, -0.25) is 4.90 Å². The summed E-state index contributed by atoms with van der Waals surface area (Å²) in [4.78, 5) is 14.5. The number of anilines is 1. The third-order valence-corrected chi connectivity index (χ3v) is 5.03. The van der Waals surface area contributed by atoms with Crippen molar-refractivity contribution < 1.29 is 18.0 Å². The number of nitrogens with one attached hydrogen (secondary N) is 2. The van der Waals surface area contributed by atoms with Gasteiger partial charge in [-0.1, -0.05) is 41.9 Å². The van der Waals surface area contributed by atoms with E-state index in [9.17, 15) is 18.0 Å². The van der Waals surface area contributed by atoms with Gasteiger partial charge in [0.25, 0.3) is 0 Å². The number of piperidine rings is 1. The van der Waals surface area contributed by atoms with Gasteiger partial charge >= 0.3 is 12.2 Å². The molecule has 4 nitrogen and oxygen atoms in total. The molecule has 0 radical (unpaired) electrons. The zero-order chi connectivity index (χ0) is 20.1. The summed E-state index contributed by atoms with van der Waals surface area (Å²) in [6.07, 6.45) is -3.00. The van der Waals surface area contributed by atoms with Crippen molar-refractivity contribution in [3.8, 4) is 0 Å². The molecule has 1 fully saturated rings. The summed E-state index contributed by atoms with van der Waals surface area (Å²) in [7, 11) is 0. The predicted molar refractivity (Wildman–Crippen MR) is 103 cm³/mol. The number of alkyl halides is 3. The highest BCUT2D eigenvalue weighted by Gasteiger charge is 2.33. The van der Waals surface area contributed by atoms with Gasteiger partial charge in [0.05, 0.1) is 10.6 Å². The van der Waals surface area contributed by atoms with E-state index in [2.05, 4.69) is 27.7 Å². The monoisotopic (exact) mass is 411 g/mol. The van der Waals surface area contributed by atoms with E-state index in [4.69, 9.17) is 11.6 Å². The second kappa shape index (κ2) is 8.84. The molecule has 0 bridgehead atoms. The number of amides is 2. The van der Waals surface area contributed by atoms with Crippen molar-refractivity contribution in [3.05, 3.63) is 64.7 Å². The van der Waals surface area contributed by atoms with E-state index in [0.29, 0.717) is 0 Å². The number of rotatable bonds is 4. The van der Waals surface area contributed by atoms with Crippen LogP contribution >= 0.6 is 11.6 Å². The van der Waals surface area contributed by atoms with E-state index in [1.54, 1.807) is 0 Å². The molecule has 0 aliphatic carbocycles. The van der Waals surface area contributed by atoms with E-state index in [1.165, 1.54) is 11.6 Å². The Morgan fingerprint density at radius 1 is 1.11 bits per heavy atom. The van der Waals surface area contributed by atoms with Gasteiger partial charge < -0.3 is 10.6 Å². The topological polar surface area (TPSA) is 44.4 Å². The number of carbonyl (C=O) groups is 1. The first-order valence-corrected chi connectivity index (χ1v) is 9.39. The third kappa shape index (κ3) is 5.62. The Hall–Kier alpha value is -2.25. The highest BCUT2D eigenvalue weighted by Crippen LogP contribution is 2.36. The molecule has 2 N–H and O–H groups in total. The molecule has 2 aromatic carbocycles. The predicted octanol–water partition coefficient (Wildman–Crippen LogP) is 5.14. The molecule has 0 unspecified atom stereocenters. The van der Waals surface area contributed by atoms with Crippen LogP contribution in [0.25, 0.3) is 0 Å². The van der Waals surface area contributed by atoms with Crippen LogP contribution in [0.2, 0.25) is 5.02 Å². The van der Waals surface area contributed by atoms with Gasteiger partial charge in [-0.2, -0.15) is 13.2 Å². The first kappa shape index (κ1) is 20.5. The van der Waals surface area contributed by atoms with Crippen LogP contribution in [0.4, 0.5) is 23.7 Å². The SMILES string of the molecule is O=C(Nc1ccc(Cl)c(C(F)(F)F)c1)NC1CCN(Cc2ccccc2)CC1. The van der Waals surface area contributed by atoms with Crippen molar-refractivity contribution in [2.75, 3.05) is 18.4 Å². The zero-order valence-electron chi connectivity index (χ0n) is 15.1. The minimum Gasteiger partial charge on any atom is -0.335 e. The number of hydrogen-bond acceptors (Lipinski definition) is 2. The Morgan fingerprint density at radius 3 is 2.43 bits per heavy atom. The van der Waals surface area contributed by atoms with E-state index >= 15 is 0 Å². The molecule has 0 aromatic heterocycles. The lowest BCUT2D eigenvalue weighted by Gasteiger charge is -2.32. The number of urea groups is 1. The molecular weight excluding hydrogens is 391 g/mol. The fourth-order valence-electron chi connectivity index (χ4n) is 3.25. The smallest absolute Gasteiger partial charge is 0.335 e. The maximum absolute atomic E-state index is 12.9. The molecule has 1 aliphatic heterocycles. The Bertz CT molecular complexity index is 806. The Balaban J connectivity index is 1.48. The molecular formula is C20H21ClF3N3O. The van der Waals surface area contributed by atoms with Gasteiger partial charge in [0, 0.05) is 31.4 Å². The number of halogens is 4. The summed E-state index contributed by atoms with van der Waals surface area (Å²) in [5.41, 5.74) is 0.326. The zero-order valence-corrected chi connectivity index (χ0v) is 15.9. The number of carbonyl (C=O) groups excluding carboxylic acids is 1. The molecule has 1 heterocycles. The Morgan fingerprint density at radius 2 is 1.79 bits per heavy atom. The van der Waals surface area contributed by atoms with Crippen molar-refractivity contribution >= 4 is 23.3 Å². The first-order valence-electron chi connectivity index (χ1n) is 9.02. The van der Waals surface area contributed by atoms with Crippen molar-refractivity contribution in [1.82, 2.24) is 10.2 Å². The largest absolute Gasteiger partial charge is 0.417 e. The Kier molecular flexibility index (Phi) is 6.46. The highest BCUT2D eigenvalue weighted by molar-refractivity contribution is 6.31. The minimum absolute atomic E-state index is 0.0126. The first-order chi connectivity index (χ1) is 13.3. The average molecular weight is 412 g/mol. The second-order valence-corrected chi connectivity index (χ2v) is 7.23. The van der Waals surface area contributed by atoms with E-state index in [0.717, 1.165) is 44.6 Å². The maximum atomic E-state index is 12.9. The van der Waals surface area contributed by atoms with Crippen molar-refractivity contribution in [1.29, 1.82) is 0 Å². The standard InChI is InChI=1S/C20H21ClF3N3O/c21-18-7-6-16(12-17(18)20(22,23)24)26-19(28)25-15-8-10-27(11-9-15)13-14-4-2-1-3-5-14/h1-7,12,15H,8-11,13H2,(H2,25,26,28). The number of benzene rings is 2. The summed E-state index contributed by atoms with van der Waals surface area (Å²) in [5.74, 6) is 0. The molecule has 0 spiro atoms. The van der Waals surface area contributed by atoms with Gasteiger partial charge in [-0.05, 0) is 36.6 Å². The van der Waals surface area contributed by atoms with E-state index < -0.39 is 22.8 Å². The van der Waals surface area contributed by atoms with Crippen LogP contribution in [0.3, 0.4) is 0 Å². The molecule has 150 valence electrons. The van der Waals surface area contributed by atoms with E-state index in [-0.39, 0.29) is 11.7 Å². The molecule has 1 saturated heterocycles. The number of nitrogens with zero attached hydrogens (tertiary/aromatic N) is 1. The van der Waals surface area contributed by atoms with Crippen molar-refractivity contribution in [2.24, 2.45) is 0 Å². The van der Waals surface area contributed by atoms with Gasteiger partial charge in [0.2, 0.25) is 0 Å². The summed E-state index contributed by atoms with van der Waals surface area (Å²) in [5, 5.41) is 4.89. The lowest BCUT2D eigenvalue weighted by atomic mass is 10.0. The molecule has 28 heavy (non-hydrogen) atoms. The van der Waals surface area contributed by atoms with Crippen LogP contribution in [0.5, 0.6) is 0 Å². The normalized spacial score (nSPS) is 16.0. The highest BCUT2D eigenvalue weighted by atomic mass is 35.5. The summed E-state index contributed by atoms with van der Waals surface area (Å²) < 4.78 is 38.7. The molecule has 3 rings (SSSR count). The minimum atomic E-state index is -4.57. The van der Waals surface area contributed by atoms with Crippen LogP contribution in [-0.2, 0) is 12.7 Å². The van der Waals surface area contributed by atoms with Gasteiger partial charge in [-0.15, -0.1) is 0 Å². The van der Waals surface area contributed by atoms with Crippen LogP contribution in [0.1, 0.15) is 24.0 Å².